The molecule has 146 valence electrons. The van der Waals surface area contributed by atoms with Gasteiger partial charge in [-0.05, 0) is 37.6 Å². The predicted octanol–water partition coefficient (Wildman–Crippen LogP) is 3.60. The van der Waals surface area contributed by atoms with Crippen LogP contribution in [0.3, 0.4) is 0 Å². The molecule has 0 bridgehead atoms. The molecule has 0 spiro atoms. The lowest BCUT2D eigenvalue weighted by Crippen LogP contribution is -2.54. The number of piperazine rings is 1. The second kappa shape index (κ2) is 8.61. The van der Waals surface area contributed by atoms with Gasteiger partial charge in [0.25, 0.3) is 0 Å². The van der Waals surface area contributed by atoms with Crippen LogP contribution in [0.15, 0.2) is 36.4 Å². The van der Waals surface area contributed by atoms with Crippen molar-refractivity contribution in [2.24, 2.45) is 0 Å². The van der Waals surface area contributed by atoms with E-state index in [4.69, 9.17) is 4.74 Å². The number of rotatable bonds is 5. The molecule has 7 nitrogen and oxygen atoms in total. The first-order valence-electron chi connectivity index (χ1n) is 9.46. The largest absolute Gasteiger partial charge is 0.493 e. The van der Waals surface area contributed by atoms with Gasteiger partial charge in [-0.3, -0.25) is 0 Å². The number of aromatic nitrogens is 1. The molecule has 3 rings (SSSR count). The minimum atomic E-state index is -0.903. The first kappa shape index (κ1) is 19.5. The zero-order chi connectivity index (χ0) is 20.1. The Morgan fingerprint density at radius 3 is 2.75 bits per heavy atom. The van der Waals surface area contributed by atoms with Crippen LogP contribution >= 0.6 is 0 Å². The number of carbonyl (C=O) groups is 1. The van der Waals surface area contributed by atoms with Gasteiger partial charge < -0.3 is 19.6 Å². The van der Waals surface area contributed by atoms with Crippen molar-refractivity contribution < 1.29 is 14.6 Å². The van der Waals surface area contributed by atoms with Gasteiger partial charge in [-0.15, -0.1) is 0 Å². The van der Waals surface area contributed by atoms with Gasteiger partial charge in [0.1, 0.15) is 11.8 Å². The molecule has 1 saturated heterocycles. The summed E-state index contributed by atoms with van der Waals surface area (Å²) in [6.45, 7) is 5.87. The molecule has 1 N–H and O–H groups in total. The highest BCUT2D eigenvalue weighted by Crippen LogP contribution is 2.32. The summed E-state index contributed by atoms with van der Waals surface area (Å²) in [4.78, 5) is 19.4. The van der Waals surface area contributed by atoms with Crippen molar-refractivity contribution in [3.8, 4) is 23.1 Å². The minimum absolute atomic E-state index is 0.0142. The lowest BCUT2D eigenvalue weighted by atomic mass is 10.1. The Morgan fingerprint density at radius 2 is 2.07 bits per heavy atom. The van der Waals surface area contributed by atoms with E-state index in [1.165, 1.54) is 4.90 Å². The predicted molar refractivity (Wildman–Crippen MR) is 107 cm³/mol. The molecule has 1 atom stereocenters. The molecule has 2 heterocycles. The van der Waals surface area contributed by atoms with E-state index in [-0.39, 0.29) is 6.04 Å². The van der Waals surface area contributed by atoms with Crippen molar-refractivity contribution in [1.82, 2.24) is 9.88 Å². The number of amides is 1. The molecule has 1 aromatic heterocycles. The second-order valence-electron chi connectivity index (χ2n) is 6.59. The van der Waals surface area contributed by atoms with Crippen LogP contribution in [-0.4, -0.2) is 53.4 Å². The van der Waals surface area contributed by atoms with Crippen molar-refractivity contribution in [2.45, 2.75) is 26.3 Å². The molecule has 2 aromatic rings. The molecule has 1 fully saturated rings. The highest BCUT2D eigenvalue weighted by atomic mass is 16.5. The number of para-hydroxylation sites is 1. The lowest BCUT2D eigenvalue weighted by Gasteiger charge is -2.41. The highest BCUT2D eigenvalue weighted by molar-refractivity contribution is 5.71. The second-order valence-corrected chi connectivity index (χ2v) is 6.59. The maximum absolute atomic E-state index is 11.3. The summed E-state index contributed by atoms with van der Waals surface area (Å²) < 4.78 is 5.69. The van der Waals surface area contributed by atoms with Gasteiger partial charge in [0, 0.05) is 31.2 Å². The van der Waals surface area contributed by atoms with Crippen molar-refractivity contribution >= 4 is 11.8 Å². The van der Waals surface area contributed by atoms with Crippen LogP contribution in [0.4, 0.5) is 10.5 Å². The van der Waals surface area contributed by atoms with Crippen LogP contribution in [0.25, 0.3) is 11.3 Å². The highest BCUT2D eigenvalue weighted by Gasteiger charge is 2.30. The Labute approximate surface area is 164 Å². The lowest BCUT2D eigenvalue weighted by molar-refractivity contribution is 0.134. The molecule has 7 heteroatoms. The Hall–Kier alpha value is -3.27. The van der Waals surface area contributed by atoms with Gasteiger partial charge in [-0.25, -0.2) is 9.78 Å². The SMILES string of the molecule is CCOc1ccccc1-c1ccc(N2CCN(C(=O)O)CC2CC)c(C#N)n1. The van der Waals surface area contributed by atoms with Crippen LogP contribution in [0.5, 0.6) is 5.75 Å². The number of hydrogen-bond acceptors (Lipinski definition) is 5. The van der Waals surface area contributed by atoms with E-state index in [2.05, 4.69) is 16.0 Å². The fourth-order valence-electron chi connectivity index (χ4n) is 3.57. The van der Waals surface area contributed by atoms with Crippen LogP contribution < -0.4 is 9.64 Å². The Kier molecular flexibility index (Phi) is 5.99. The molecule has 1 amide bonds. The molecule has 0 aliphatic carbocycles. The first-order valence-corrected chi connectivity index (χ1v) is 9.46. The average molecular weight is 380 g/mol. The van der Waals surface area contributed by atoms with Crippen LogP contribution in [0.2, 0.25) is 0 Å². The van der Waals surface area contributed by atoms with Crippen LogP contribution in [0.1, 0.15) is 26.0 Å². The fraction of sp³-hybridized carbons (Fsp3) is 0.381. The Balaban J connectivity index is 1.95. The number of pyridine rings is 1. The van der Waals surface area contributed by atoms with Gasteiger partial charge in [0.15, 0.2) is 5.69 Å². The Bertz CT molecular complexity index is 893. The zero-order valence-electron chi connectivity index (χ0n) is 16.1. The summed E-state index contributed by atoms with van der Waals surface area (Å²) in [5, 5.41) is 19.0. The molecule has 0 radical (unpaired) electrons. The normalized spacial score (nSPS) is 16.5. The Morgan fingerprint density at radius 1 is 1.29 bits per heavy atom. The number of anilines is 1. The minimum Gasteiger partial charge on any atom is -0.493 e. The molecule has 1 aromatic carbocycles. The monoisotopic (exact) mass is 380 g/mol. The number of benzene rings is 1. The van der Waals surface area contributed by atoms with Gasteiger partial charge in [-0.1, -0.05) is 19.1 Å². The average Bonchev–Trinajstić information content (AvgIpc) is 2.73. The third-order valence-corrected chi connectivity index (χ3v) is 4.98. The van der Waals surface area contributed by atoms with E-state index >= 15 is 0 Å². The van der Waals surface area contributed by atoms with Gasteiger partial charge in [0.05, 0.1) is 18.0 Å². The molecule has 1 aliphatic heterocycles. The first-order chi connectivity index (χ1) is 13.6. The number of ether oxygens (including phenoxy) is 1. The molecule has 1 unspecified atom stereocenters. The van der Waals surface area contributed by atoms with Gasteiger partial charge >= 0.3 is 6.09 Å². The van der Waals surface area contributed by atoms with E-state index in [1.807, 2.05) is 50.2 Å². The van der Waals surface area contributed by atoms with Gasteiger partial charge in [0.2, 0.25) is 0 Å². The van der Waals surface area contributed by atoms with Crippen molar-refractivity contribution in [3.63, 3.8) is 0 Å². The summed E-state index contributed by atoms with van der Waals surface area (Å²) in [5.74, 6) is 0.732. The van der Waals surface area contributed by atoms with E-state index < -0.39 is 6.09 Å². The summed E-state index contributed by atoms with van der Waals surface area (Å²) in [7, 11) is 0. The smallest absolute Gasteiger partial charge is 0.407 e. The summed E-state index contributed by atoms with van der Waals surface area (Å²) in [6, 6.07) is 13.7. The van der Waals surface area contributed by atoms with Crippen molar-refractivity contribution in [2.75, 3.05) is 31.1 Å². The third-order valence-electron chi connectivity index (χ3n) is 4.98. The maximum Gasteiger partial charge on any atom is 0.407 e. The van der Waals surface area contributed by atoms with E-state index in [1.54, 1.807) is 0 Å². The number of nitrogens with zero attached hydrogens (tertiary/aromatic N) is 4. The molecule has 28 heavy (non-hydrogen) atoms. The zero-order valence-corrected chi connectivity index (χ0v) is 16.1. The molecule has 1 aliphatic rings. The number of nitriles is 1. The summed E-state index contributed by atoms with van der Waals surface area (Å²) in [5.41, 5.74) is 2.61. The van der Waals surface area contributed by atoms with Crippen LogP contribution in [0, 0.1) is 11.3 Å². The standard InChI is InChI=1S/C21H24N4O3/c1-3-15-14-24(21(26)27)11-12-25(15)19-10-9-17(23-18(19)13-22)16-7-5-6-8-20(16)28-4-2/h5-10,15H,3-4,11-12,14H2,1-2H3,(H,26,27). The maximum atomic E-state index is 11.3. The van der Waals surface area contributed by atoms with Crippen molar-refractivity contribution in [3.05, 3.63) is 42.1 Å². The molecule has 0 saturated carbocycles. The quantitative estimate of drug-likeness (QED) is 0.852. The topological polar surface area (TPSA) is 89.7 Å². The van der Waals surface area contributed by atoms with Crippen molar-refractivity contribution in [1.29, 1.82) is 5.26 Å². The third kappa shape index (κ3) is 3.86. The summed E-state index contributed by atoms with van der Waals surface area (Å²) in [6.07, 6.45) is -0.122. The van der Waals surface area contributed by atoms with Crippen LogP contribution in [-0.2, 0) is 0 Å². The molecular formula is C21H24N4O3. The van der Waals surface area contributed by atoms with E-state index in [0.29, 0.717) is 37.6 Å². The molecular weight excluding hydrogens is 356 g/mol. The number of hydrogen-bond donors (Lipinski definition) is 1. The van der Waals surface area contributed by atoms with E-state index in [9.17, 15) is 15.2 Å². The fourth-order valence-corrected chi connectivity index (χ4v) is 3.57. The number of carboxylic acid groups (broad SMARTS) is 1. The summed E-state index contributed by atoms with van der Waals surface area (Å²) >= 11 is 0. The van der Waals surface area contributed by atoms with Gasteiger partial charge in [-0.2, -0.15) is 5.26 Å². The van der Waals surface area contributed by atoms with E-state index in [0.717, 1.165) is 23.4 Å².